The van der Waals surface area contributed by atoms with Crippen LogP contribution >= 0.6 is 0 Å². The molecule has 0 bridgehead atoms. The predicted octanol–water partition coefficient (Wildman–Crippen LogP) is 11.3. The molecule has 0 fully saturated rings. The van der Waals surface area contributed by atoms with Crippen LogP contribution in [-0.2, 0) is 26.5 Å². The molecule has 0 radical (unpaired) electrons. The standard InChI is InChI=1S/C44H33N3O.Pt/c1-44(2,3)33-22-23-40(37(29-33)30-13-5-4-6-14-30)47-39-21-8-7-19-36(39)42-41(47)24-26-46-43(42)32-16-12-18-35(28-32)48-34-17-11-15-31(27-34)38-20-9-10-25-45-38;/h4-26,29H,1-3H3;/q-2;+2. The van der Waals surface area contributed by atoms with Gasteiger partial charge in [0.05, 0.1) is 11.2 Å². The number of hydrogen-bond donors (Lipinski definition) is 0. The third-order valence-corrected chi connectivity index (χ3v) is 8.73. The van der Waals surface area contributed by atoms with Crippen molar-refractivity contribution in [3.8, 4) is 50.8 Å². The van der Waals surface area contributed by atoms with Crippen LogP contribution in [0.5, 0.6) is 11.5 Å². The van der Waals surface area contributed by atoms with Crippen LogP contribution in [-0.4, -0.2) is 14.5 Å². The van der Waals surface area contributed by atoms with E-state index in [9.17, 15) is 0 Å². The molecule has 0 saturated carbocycles. The van der Waals surface area contributed by atoms with Gasteiger partial charge in [0.15, 0.2) is 0 Å². The van der Waals surface area contributed by atoms with Crippen LogP contribution in [0.25, 0.3) is 61.1 Å². The fourth-order valence-electron chi connectivity index (χ4n) is 6.37. The summed E-state index contributed by atoms with van der Waals surface area (Å²) >= 11 is 0. The molecule has 240 valence electrons. The van der Waals surface area contributed by atoms with Gasteiger partial charge in [-0.2, -0.15) is 0 Å². The number of rotatable bonds is 6. The molecule has 0 aliphatic carbocycles. The first-order valence-corrected chi connectivity index (χ1v) is 16.2. The largest absolute Gasteiger partial charge is 2.00 e. The number of aromatic nitrogens is 3. The van der Waals surface area contributed by atoms with Crippen molar-refractivity contribution in [1.29, 1.82) is 0 Å². The molecular formula is C44H33N3OPt. The summed E-state index contributed by atoms with van der Waals surface area (Å²) in [5.74, 6) is 1.19. The number of ether oxygens (including phenoxy) is 1. The SMILES string of the molecule is CC(C)(C)c1ccc(-n2c3ccccc3c3c(-c4[c-]c(Oc5[c-]c(-c6ccccn6)ccc5)ccc4)nccc32)c(-c2ccccc2)c1.[Pt+2]. The molecule has 0 saturated heterocycles. The van der Waals surface area contributed by atoms with Crippen LogP contribution in [0.1, 0.15) is 26.3 Å². The van der Waals surface area contributed by atoms with Crippen molar-refractivity contribution >= 4 is 21.8 Å². The van der Waals surface area contributed by atoms with Gasteiger partial charge in [-0.3, -0.25) is 0 Å². The predicted molar refractivity (Wildman–Crippen MR) is 196 cm³/mol. The van der Waals surface area contributed by atoms with E-state index < -0.39 is 0 Å². The number of para-hydroxylation sites is 1. The summed E-state index contributed by atoms with van der Waals surface area (Å²) in [5.41, 5.74) is 10.4. The zero-order valence-corrected chi connectivity index (χ0v) is 29.7. The minimum atomic E-state index is 0. The molecule has 0 amide bonds. The molecule has 8 aromatic rings. The van der Waals surface area contributed by atoms with Crippen molar-refractivity contribution in [2.75, 3.05) is 0 Å². The third kappa shape index (κ3) is 6.21. The molecule has 5 aromatic carbocycles. The van der Waals surface area contributed by atoms with E-state index in [0.29, 0.717) is 11.5 Å². The normalized spacial score (nSPS) is 11.4. The van der Waals surface area contributed by atoms with Gasteiger partial charge >= 0.3 is 21.1 Å². The van der Waals surface area contributed by atoms with Crippen LogP contribution in [0.2, 0.25) is 0 Å². The first-order valence-electron chi connectivity index (χ1n) is 16.2. The Bertz CT molecular complexity index is 2410. The van der Waals surface area contributed by atoms with Gasteiger partial charge in [0.2, 0.25) is 0 Å². The fraction of sp³-hybridized carbons (Fsp3) is 0.0909. The average molecular weight is 815 g/mol. The quantitative estimate of drug-likeness (QED) is 0.157. The molecule has 8 rings (SSSR count). The topological polar surface area (TPSA) is 39.9 Å². The second-order valence-corrected chi connectivity index (χ2v) is 12.9. The fourth-order valence-corrected chi connectivity index (χ4v) is 6.37. The van der Waals surface area contributed by atoms with Crippen molar-refractivity contribution < 1.29 is 25.8 Å². The molecule has 0 N–H and O–H groups in total. The first-order chi connectivity index (χ1) is 23.4. The minimum absolute atomic E-state index is 0. The number of fused-ring (bicyclic) bond motifs is 3. The van der Waals surface area contributed by atoms with Gasteiger partial charge in [0, 0.05) is 40.4 Å². The third-order valence-electron chi connectivity index (χ3n) is 8.73. The summed E-state index contributed by atoms with van der Waals surface area (Å²) in [6, 6.07) is 52.7. The Morgan fingerprint density at radius 3 is 2.08 bits per heavy atom. The zero-order chi connectivity index (χ0) is 32.7. The zero-order valence-electron chi connectivity index (χ0n) is 27.4. The molecule has 3 heterocycles. The Morgan fingerprint density at radius 2 is 1.33 bits per heavy atom. The van der Waals surface area contributed by atoms with E-state index in [0.717, 1.165) is 50.0 Å². The van der Waals surface area contributed by atoms with Crippen molar-refractivity contribution in [2.24, 2.45) is 0 Å². The van der Waals surface area contributed by atoms with Crippen molar-refractivity contribution in [3.05, 3.63) is 164 Å². The summed E-state index contributed by atoms with van der Waals surface area (Å²) in [6.45, 7) is 6.79. The number of nitrogens with zero attached hydrogens (tertiary/aromatic N) is 3. The van der Waals surface area contributed by atoms with Gasteiger partial charge in [-0.15, -0.1) is 47.5 Å². The van der Waals surface area contributed by atoms with Crippen molar-refractivity contribution in [3.63, 3.8) is 0 Å². The van der Waals surface area contributed by atoms with Crippen LogP contribution in [0.3, 0.4) is 0 Å². The maximum atomic E-state index is 6.31. The van der Waals surface area contributed by atoms with Crippen LogP contribution < -0.4 is 4.74 Å². The van der Waals surface area contributed by atoms with E-state index >= 15 is 0 Å². The van der Waals surface area contributed by atoms with Crippen molar-refractivity contribution in [1.82, 2.24) is 14.5 Å². The van der Waals surface area contributed by atoms with E-state index in [4.69, 9.17) is 9.72 Å². The summed E-state index contributed by atoms with van der Waals surface area (Å²) in [5, 5.41) is 2.20. The van der Waals surface area contributed by atoms with E-state index in [-0.39, 0.29) is 26.5 Å². The molecule has 49 heavy (non-hydrogen) atoms. The van der Waals surface area contributed by atoms with E-state index in [1.165, 1.54) is 16.7 Å². The van der Waals surface area contributed by atoms with Gasteiger partial charge in [-0.05, 0) is 63.6 Å². The monoisotopic (exact) mass is 814 g/mol. The maximum Gasteiger partial charge on any atom is 2.00 e. The molecule has 0 unspecified atom stereocenters. The van der Waals surface area contributed by atoms with Crippen LogP contribution in [0.15, 0.2) is 146 Å². The smallest absolute Gasteiger partial charge is 0.497 e. The minimum Gasteiger partial charge on any atom is -0.497 e. The van der Waals surface area contributed by atoms with Crippen molar-refractivity contribution in [2.45, 2.75) is 26.2 Å². The molecule has 4 nitrogen and oxygen atoms in total. The number of hydrogen-bond acceptors (Lipinski definition) is 3. The first kappa shape index (κ1) is 32.2. The second-order valence-electron chi connectivity index (χ2n) is 12.9. The molecule has 0 aliphatic heterocycles. The molecular weight excluding hydrogens is 782 g/mol. The van der Waals surface area contributed by atoms with Crippen LogP contribution in [0, 0.1) is 12.1 Å². The Balaban J connectivity index is 0.00000378. The molecule has 3 aromatic heterocycles. The molecule has 5 heteroatoms. The summed E-state index contributed by atoms with van der Waals surface area (Å²) < 4.78 is 8.69. The van der Waals surface area contributed by atoms with E-state index in [2.05, 4.69) is 121 Å². The van der Waals surface area contributed by atoms with Crippen LogP contribution in [0.4, 0.5) is 0 Å². The molecule has 0 aliphatic rings. The van der Waals surface area contributed by atoms with E-state index in [1.807, 2.05) is 60.8 Å². The Kier molecular flexibility index (Phi) is 8.75. The van der Waals surface area contributed by atoms with Gasteiger partial charge < -0.3 is 19.3 Å². The second kappa shape index (κ2) is 13.3. The van der Waals surface area contributed by atoms with Gasteiger partial charge in [0.1, 0.15) is 0 Å². The Labute approximate surface area is 301 Å². The molecule has 0 atom stereocenters. The average Bonchev–Trinajstić information content (AvgIpc) is 3.46. The van der Waals surface area contributed by atoms with Gasteiger partial charge in [0.25, 0.3) is 0 Å². The van der Waals surface area contributed by atoms with Gasteiger partial charge in [-0.1, -0.05) is 99.6 Å². The number of benzene rings is 5. The summed E-state index contributed by atoms with van der Waals surface area (Å²) in [6.07, 6.45) is 3.67. The number of pyridine rings is 2. The van der Waals surface area contributed by atoms with E-state index in [1.54, 1.807) is 6.20 Å². The summed E-state index contributed by atoms with van der Waals surface area (Å²) in [7, 11) is 0. The Morgan fingerprint density at radius 1 is 0.612 bits per heavy atom. The van der Waals surface area contributed by atoms with Gasteiger partial charge in [-0.25, -0.2) is 0 Å². The Hall–Kier alpha value is -5.31. The molecule has 0 spiro atoms. The summed E-state index contributed by atoms with van der Waals surface area (Å²) in [4.78, 5) is 9.41. The maximum absolute atomic E-state index is 6.31.